The normalized spacial score (nSPS) is 11.3. The van der Waals surface area contributed by atoms with Crippen LogP contribution in [0.2, 0.25) is 20.1 Å². The predicted molar refractivity (Wildman–Crippen MR) is 124 cm³/mol. The van der Waals surface area contributed by atoms with E-state index in [2.05, 4.69) is 5.32 Å². The predicted octanol–water partition coefficient (Wildman–Crippen LogP) is 7.25. The molecule has 0 saturated heterocycles. The van der Waals surface area contributed by atoms with Crippen molar-refractivity contribution in [1.29, 1.82) is 5.26 Å². The Morgan fingerprint density at radius 3 is 2.37 bits per heavy atom. The molecule has 1 amide bonds. The van der Waals surface area contributed by atoms with Gasteiger partial charge in [-0.15, -0.1) is 0 Å². The topological polar surface area (TPSA) is 57.8 Å². The van der Waals surface area contributed by atoms with Crippen molar-refractivity contribution in [2.45, 2.75) is 13.8 Å². The second kappa shape index (κ2) is 9.16. The number of rotatable bonds is 4. The highest BCUT2D eigenvalue weighted by atomic mass is 35.5. The van der Waals surface area contributed by atoms with Crippen molar-refractivity contribution in [3.8, 4) is 11.8 Å². The molecule has 0 spiro atoms. The summed E-state index contributed by atoms with van der Waals surface area (Å²) in [6.07, 6.45) is 1.53. The Balaban J connectivity index is 1.98. The Bertz CT molecular complexity index is 1200. The minimum Gasteiger partial charge on any atom is -0.320 e. The first-order valence-corrected chi connectivity index (χ1v) is 10.2. The van der Waals surface area contributed by atoms with Crippen LogP contribution in [0.1, 0.15) is 17.0 Å². The van der Waals surface area contributed by atoms with Crippen molar-refractivity contribution in [3.63, 3.8) is 0 Å². The van der Waals surface area contributed by atoms with Gasteiger partial charge in [0.1, 0.15) is 11.6 Å². The molecule has 0 aliphatic carbocycles. The average molecular weight is 479 g/mol. The van der Waals surface area contributed by atoms with Gasteiger partial charge in [-0.1, -0.05) is 52.5 Å². The molecule has 3 rings (SSSR count). The van der Waals surface area contributed by atoms with Gasteiger partial charge >= 0.3 is 0 Å². The van der Waals surface area contributed by atoms with E-state index in [0.29, 0.717) is 26.3 Å². The van der Waals surface area contributed by atoms with Crippen molar-refractivity contribution in [3.05, 3.63) is 85.1 Å². The van der Waals surface area contributed by atoms with Gasteiger partial charge < -0.3 is 9.88 Å². The molecule has 8 heteroatoms. The maximum Gasteiger partial charge on any atom is 0.266 e. The number of nitrogens with zero attached hydrogens (tertiary/aromatic N) is 2. The number of aromatic nitrogens is 1. The highest BCUT2D eigenvalue weighted by Crippen LogP contribution is 2.30. The number of carbonyl (C=O) groups is 1. The first-order chi connectivity index (χ1) is 14.2. The third kappa shape index (κ3) is 4.66. The summed E-state index contributed by atoms with van der Waals surface area (Å²) in [5, 5.41) is 13.7. The first-order valence-electron chi connectivity index (χ1n) is 8.74. The molecule has 1 N–H and O–H groups in total. The number of amides is 1. The van der Waals surface area contributed by atoms with Crippen LogP contribution in [0.25, 0.3) is 11.8 Å². The van der Waals surface area contributed by atoms with Crippen LogP contribution in [0.4, 0.5) is 5.69 Å². The van der Waals surface area contributed by atoms with E-state index >= 15 is 0 Å². The molecule has 0 aliphatic heterocycles. The zero-order valence-corrected chi connectivity index (χ0v) is 19.0. The number of aryl methyl sites for hydroxylation is 1. The summed E-state index contributed by atoms with van der Waals surface area (Å²) in [5.74, 6) is -0.586. The maximum absolute atomic E-state index is 12.6. The molecule has 3 aromatic rings. The summed E-state index contributed by atoms with van der Waals surface area (Å²) in [6.45, 7) is 3.80. The lowest BCUT2D eigenvalue weighted by Crippen LogP contribution is -2.13. The summed E-state index contributed by atoms with van der Waals surface area (Å²) in [4.78, 5) is 12.6. The molecule has 0 atom stereocenters. The van der Waals surface area contributed by atoms with Crippen LogP contribution in [0.3, 0.4) is 0 Å². The average Bonchev–Trinajstić information content (AvgIpc) is 2.95. The van der Waals surface area contributed by atoms with Crippen LogP contribution in [-0.2, 0) is 4.79 Å². The molecule has 0 bridgehead atoms. The lowest BCUT2D eigenvalue weighted by molar-refractivity contribution is -0.112. The second-order valence-electron chi connectivity index (χ2n) is 6.51. The van der Waals surface area contributed by atoms with Crippen molar-refractivity contribution >= 4 is 64.1 Å². The van der Waals surface area contributed by atoms with Crippen LogP contribution >= 0.6 is 46.4 Å². The smallest absolute Gasteiger partial charge is 0.266 e. The van der Waals surface area contributed by atoms with E-state index in [1.165, 1.54) is 6.08 Å². The summed E-state index contributed by atoms with van der Waals surface area (Å²) < 4.78 is 1.95. The molecule has 30 heavy (non-hydrogen) atoms. The van der Waals surface area contributed by atoms with Crippen molar-refractivity contribution in [2.24, 2.45) is 0 Å². The monoisotopic (exact) mass is 477 g/mol. The van der Waals surface area contributed by atoms with E-state index in [9.17, 15) is 10.1 Å². The third-order valence-corrected chi connectivity index (χ3v) is 5.70. The van der Waals surface area contributed by atoms with E-state index in [4.69, 9.17) is 46.4 Å². The van der Waals surface area contributed by atoms with Gasteiger partial charge in [0, 0.05) is 27.1 Å². The molecule has 0 saturated carbocycles. The number of hydrogen-bond donors (Lipinski definition) is 1. The third-order valence-electron chi connectivity index (χ3n) is 4.44. The number of halogens is 4. The van der Waals surface area contributed by atoms with Gasteiger partial charge in [0.15, 0.2) is 0 Å². The molecule has 4 nitrogen and oxygen atoms in total. The van der Waals surface area contributed by atoms with Crippen molar-refractivity contribution in [2.75, 3.05) is 5.32 Å². The largest absolute Gasteiger partial charge is 0.320 e. The van der Waals surface area contributed by atoms with E-state index in [0.717, 1.165) is 17.1 Å². The molecule has 0 fully saturated rings. The van der Waals surface area contributed by atoms with Gasteiger partial charge in [0.25, 0.3) is 5.91 Å². The van der Waals surface area contributed by atoms with Crippen molar-refractivity contribution in [1.82, 2.24) is 4.57 Å². The van der Waals surface area contributed by atoms with Gasteiger partial charge in [-0.2, -0.15) is 5.26 Å². The van der Waals surface area contributed by atoms with Crippen LogP contribution < -0.4 is 5.32 Å². The van der Waals surface area contributed by atoms with Gasteiger partial charge in [-0.05, 0) is 61.9 Å². The Labute approximate surface area is 194 Å². The van der Waals surface area contributed by atoms with Crippen LogP contribution in [0, 0.1) is 25.2 Å². The Hall–Kier alpha value is -2.42. The molecule has 0 radical (unpaired) electrons. The van der Waals surface area contributed by atoms with Gasteiger partial charge in [-0.25, -0.2) is 0 Å². The first kappa shape index (κ1) is 22.3. The fourth-order valence-electron chi connectivity index (χ4n) is 3.09. The quantitative estimate of drug-likeness (QED) is 0.317. The summed E-state index contributed by atoms with van der Waals surface area (Å²) in [5.41, 5.74) is 3.48. The number of hydrogen-bond acceptors (Lipinski definition) is 2. The second-order valence-corrected chi connectivity index (χ2v) is 8.17. The Morgan fingerprint density at radius 2 is 1.73 bits per heavy atom. The molecule has 0 unspecified atom stereocenters. The number of carbonyl (C=O) groups excluding carboxylic acids is 1. The minimum absolute atomic E-state index is 0.0737. The number of benzene rings is 2. The van der Waals surface area contributed by atoms with Crippen LogP contribution in [-0.4, -0.2) is 10.5 Å². The molecular weight excluding hydrogens is 464 g/mol. The Morgan fingerprint density at radius 1 is 1.07 bits per heavy atom. The summed E-state index contributed by atoms with van der Waals surface area (Å²) in [7, 11) is 0. The molecule has 1 heterocycles. The highest BCUT2D eigenvalue weighted by Gasteiger charge is 2.16. The lowest BCUT2D eigenvalue weighted by Gasteiger charge is -2.11. The van der Waals surface area contributed by atoms with E-state index < -0.39 is 5.91 Å². The molecular formula is C22H15Cl4N3O. The SMILES string of the molecule is Cc1cc(/C=C(\C#N)C(=O)Nc2cccc(Cl)c2Cl)c(C)n1-c1cc(Cl)cc(Cl)c1. The number of nitriles is 1. The van der Waals surface area contributed by atoms with Gasteiger partial charge in [0.05, 0.1) is 15.7 Å². The fourth-order valence-corrected chi connectivity index (χ4v) is 3.96. The Kier molecular flexibility index (Phi) is 6.80. The standard InChI is InChI=1S/C22H15Cl4N3O/c1-12-6-14(13(2)29(12)18-9-16(23)8-17(24)10-18)7-15(11-27)22(30)28-20-5-3-4-19(25)21(20)26/h3-10H,1-2H3,(H,28,30)/b15-7+. The lowest BCUT2D eigenvalue weighted by atomic mass is 10.1. The highest BCUT2D eigenvalue weighted by molar-refractivity contribution is 6.44. The van der Waals surface area contributed by atoms with E-state index in [-0.39, 0.29) is 10.6 Å². The van der Waals surface area contributed by atoms with Crippen LogP contribution in [0.15, 0.2) is 48.0 Å². The zero-order valence-electron chi connectivity index (χ0n) is 15.9. The van der Waals surface area contributed by atoms with E-state index in [1.54, 1.807) is 36.4 Å². The summed E-state index contributed by atoms with van der Waals surface area (Å²) >= 11 is 24.4. The number of nitrogens with one attached hydrogen (secondary N) is 1. The minimum atomic E-state index is -0.586. The van der Waals surface area contributed by atoms with Crippen LogP contribution in [0.5, 0.6) is 0 Å². The van der Waals surface area contributed by atoms with E-state index in [1.807, 2.05) is 30.6 Å². The zero-order chi connectivity index (χ0) is 22.0. The fraction of sp³-hybridized carbons (Fsp3) is 0.0909. The molecule has 152 valence electrons. The summed E-state index contributed by atoms with van der Waals surface area (Å²) in [6, 6.07) is 13.9. The van der Waals surface area contributed by atoms with Crippen molar-refractivity contribution < 1.29 is 4.79 Å². The molecule has 0 aliphatic rings. The molecule has 1 aromatic heterocycles. The maximum atomic E-state index is 12.6. The molecule has 2 aromatic carbocycles. The van der Waals surface area contributed by atoms with Gasteiger partial charge in [0.2, 0.25) is 0 Å². The number of anilines is 1. The van der Waals surface area contributed by atoms with Gasteiger partial charge in [-0.3, -0.25) is 4.79 Å².